The maximum atomic E-state index is 14.0. The number of hydrogen-bond donors (Lipinski definition) is 1. The molecule has 0 unspecified atom stereocenters. The number of benzene rings is 1. The van der Waals surface area contributed by atoms with E-state index in [0.717, 1.165) is 45.4 Å². The van der Waals surface area contributed by atoms with E-state index in [2.05, 4.69) is 24.9 Å². The Morgan fingerprint density at radius 3 is 2.79 bits per heavy atom. The number of fused-ring (bicyclic) bond motifs is 1. The molecule has 0 saturated heterocycles. The highest BCUT2D eigenvalue weighted by Gasteiger charge is 2.17. The molecule has 4 aromatic heterocycles. The van der Waals surface area contributed by atoms with Gasteiger partial charge in [-0.2, -0.15) is 5.10 Å². The quantitative estimate of drug-likeness (QED) is 0.394. The van der Waals surface area contributed by atoms with Crippen LogP contribution in [0.4, 0.5) is 4.39 Å². The Labute approximate surface area is 191 Å². The number of pyridine rings is 2. The van der Waals surface area contributed by atoms with E-state index >= 15 is 0 Å². The number of nitrogens with zero attached hydrogens (tertiary/aromatic N) is 6. The van der Waals surface area contributed by atoms with Gasteiger partial charge in [-0.25, -0.2) is 18.9 Å². The van der Waals surface area contributed by atoms with Crippen molar-refractivity contribution in [2.24, 2.45) is 0 Å². The first kappa shape index (κ1) is 21.0. The van der Waals surface area contributed by atoms with Crippen LogP contribution in [0.25, 0.3) is 28.3 Å². The third-order valence-corrected chi connectivity index (χ3v) is 5.59. The Hall–Kier alpha value is -3.85. The summed E-state index contributed by atoms with van der Waals surface area (Å²) in [6.45, 7) is 3.27. The molecule has 5 aromatic rings. The molecule has 0 radical (unpaired) electrons. The lowest BCUT2D eigenvalue weighted by Gasteiger charge is -2.15. The molecule has 0 saturated carbocycles. The number of rotatable bonds is 7. The van der Waals surface area contributed by atoms with Crippen molar-refractivity contribution in [2.75, 3.05) is 6.54 Å². The summed E-state index contributed by atoms with van der Waals surface area (Å²) >= 11 is 0. The molecule has 7 nitrogen and oxygen atoms in total. The first-order valence-electron chi connectivity index (χ1n) is 10.8. The van der Waals surface area contributed by atoms with Gasteiger partial charge in [-0.05, 0) is 55.8 Å². The molecule has 0 aliphatic rings. The molecule has 1 N–H and O–H groups in total. The fourth-order valence-electron chi connectivity index (χ4n) is 3.88. The molecule has 33 heavy (non-hydrogen) atoms. The highest BCUT2D eigenvalue weighted by atomic mass is 19.1. The van der Waals surface area contributed by atoms with Crippen LogP contribution in [0.2, 0.25) is 0 Å². The Morgan fingerprint density at radius 1 is 1.06 bits per heavy atom. The number of aryl methyl sites for hydroxylation is 1. The van der Waals surface area contributed by atoms with Gasteiger partial charge >= 0.3 is 0 Å². The fourth-order valence-corrected chi connectivity index (χ4v) is 3.88. The fraction of sp³-hybridized carbons (Fsp3) is 0.167. The van der Waals surface area contributed by atoms with Crippen LogP contribution >= 0.6 is 0 Å². The normalized spacial score (nSPS) is 11.5. The molecule has 9 heteroatoms. The number of imidazole rings is 1. The summed E-state index contributed by atoms with van der Waals surface area (Å²) < 4.78 is 15.7. The number of aromatic nitrogens is 6. The number of halogens is 1. The van der Waals surface area contributed by atoms with Gasteiger partial charge in [-0.3, -0.25) is 4.98 Å². The summed E-state index contributed by atoms with van der Waals surface area (Å²) in [6.07, 6.45) is 4.10. The van der Waals surface area contributed by atoms with E-state index in [-0.39, 0.29) is 5.82 Å². The van der Waals surface area contributed by atoms with Crippen LogP contribution in [0.5, 0.6) is 0 Å². The van der Waals surface area contributed by atoms with Crippen LogP contribution < -0.4 is 0 Å². The van der Waals surface area contributed by atoms with E-state index in [9.17, 15) is 4.39 Å². The Kier molecular flexibility index (Phi) is 5.70. The SMILES string of the molecule is BN(CCc1ccccc1F)Cc1nc(-c2cccc(C)n2)c(-c2ccc3ncnn3c2)[nH]1. The van der Waals surface area contributed by atoms with Gasteiger partial charge in [0.05, 0.1) is 11.4 Å². The maximum Gasteiger partial charge on any atom is 0.186 e. The monoisotopic (exact) mass is 439 g/mol. The van der Waals surface area contributed by atoms with Crippen molar-refractivity contribution in [3.8, 4) is 22.6 Å². The number of aromatic amines is 1. The predicted octanol–water partition coefficient (Wildman–Crippen LogP) is 3.22. The minimum atomic E-state index is -0.164. The lowest BCUT2D eigenvalue weighted by molar-refractivity contribution is 0.437. The summed E-state index contributed by atoms with van der Waals surface area (Å²) in [5.74, 6) is 0.653. The predicted molar refractivity (Wildman–Crippen MR) is 128 cm³/mol. The second-order valence-electron chi connectivity index (χ2n) is 8.13. The zero-order chi connectivity index (χ0) is 22.8. The Balaban J connectivity index is 1.44. The van der Waals surface area contributed by atoms with Crippen molar-refractivity contribution < 1.29 is 4.39 Å². The lowest BCUT2D eigenvalue weighted by atomic mass is 10.1. The molecule has 5 rings (SSSR count). The minimum absolute atomic E-state index is 0.164. The van der Waals surface area contributed by atoms with Gasteiger partial charge in [0.2, 0.25) is 0 Å². The van der Waals surface area contributed by atoms with Crippen LogP contribution in [0, 0.1) is 12.7 Å². The zero-order valence-electron chi connectivity index (χ0n) is 18.5. The summed E-state index contributed by atoms with van der Waals surface area (Å²) in [5.41, 5.74) is 5.84. The van der Waals surface area contributed by atoms with E-state index < -0.39 is 0 Å². The van der Waals surface area contributed by atoms with Crippen molar-refractivity contribution in [3.63, 3.8) is 0 Å². The average molecular weight is 439 g/mol. The second-order valence-corrected chi connectivity index (χ2v) is 8.13. The van der Waals surface area contributed by atoms with Gasteiger partial charge in [0.15, 0.2) is 13.6 Å². The van der Waals surface area contributed by atoms with Crippen LogP contribution in [-0.2, 0) is 13.0 Å². The van der Waals surface area contributed by atoms with E-state index in [1.54, 1.807) is 10.6 Å². The number of hydrogen-bond acceptors (Lipinski definition) is 5. The zero-order valence-corrected chi connectivity index (χ0v) is 18.5. The molecular formula is C24H23BFN7. The van der Waals surface area contributed by atoms with Gasteiger partial charge < -0.3 is 9.79 Å². The van der Waals surface area contributed by atoms with Crippen molar-refractivity contribution in [1.82, 2.24) is 34.4 Å². The van der Waals surface area contributed by atoms with Crippen molar-refractivity contribution >= 4 is 13.6 Å². The third kappa shape index (κ3) is 4.54. The highest BCUT2D eigenvalue weighted by molar-refractivity contribution is 6.04. The van der Waals surface area contributed by atoms with Gasteiger partial charge in [0.1, 0.15) is 23.7 Å². The van der Waals surface area contributed by atoms with Crippen LogP contribution in [0.15, 0.2) is 67.1 Å². The van der Waals surface area contributed by atoms with Crippen LogP contribution in [0.1, 0.15) is 17.1 Å². The van der Waals surface area contributed by atoms with E-state index in [1.807, 2.05) is 63.6 Å². The standard InChI is InChI=1S/C24H23BFN7/c1-16-5-4-8-20(29-16)24-23(18-9-10-22-27-15-28-33(22)13-18)30-21(31-24)14-32(25)12-11-17-6-2-3-7-19(17)26/h2-10,13,15H,11-12,14,25H2,1H3,(H,30,31). The first-order chi connectivity index (χ1) is 16.1. The molecular weight excluding hydrogens is 416 g/mol. The molecule has 0 atom stereocenters. The highest BCUT2D eigenvalue weighted by Crippen LogP contribution is 2.29. The van der Waals surface area contributed by atoms with Gasteiger partial charge in [-0.15, -0.1) is 0 Å². The number of H-pyrrole nitrogens is 1. The maximum absolute atomic E-state index is 14.0. The molecule has 0 fully saturated rings. The Bertz CT molecular complexity index is 1410. The van der Waals surface area contributed by atoms with Crippen molar-refractivity contribution in [3.05, 3.63) is 90.0 Å². The molecule has 164 valence electrons. The molecule has 0 amide bonds. The summed E-state index contributed by atoms with van der Waals surface area (Å²) in [4.78, 5) is 19.4. The molecule has 0 spiro atoms. The smallest absolute Gasteiger partial charge is 0.186 e. The van der Waals surface area contributed by atoms with Crippen molar-refractivity contribution in [2.45, 2.75) is 19.9 Å². The summed E-state index contributed by atoms with van der Waals surface area (Å²) in [7, 11) is 2.01. The van der Waals surface area contributed by atoms with E-state index in [4.69, 9.17) is 4.98 Å². The van der Waals surface area contributed by atoms with Crippen LogP contribution in [-0.4, -0.2) is 48.9 Å². The third-order valence-electron chi connectivity index (χ3n) is 5.59. The van der Waals surface area contributed by atoms with Crippen molar-refractivity contribution in [1.29, 1.82) is 0 Å². The Morgan fingerprint density at radius 2 is 1.94 bits per heavy atom. The molecule has 4 heterocycles. The summed E-state index contributed by atoms with van der Waals surface area (Å²) in [5, 5.41) is 4.25. The largest absolute Gasteiger partial charge is 0.342 e. The van der Waals surface area contributed by atoms with Gasteiger partial charge in [-0.1, -0.05) is 24.3 Å². The van der Waals surface area contributed by atoms with Gasteiger partial charge in [0.25, 0.3) is 0 Å². The topological polar surface area (TPSA) is 75.0 Å². The number of nitrogens with one attached hydrogen (secondary N) is 1. The molecule has 0 aliphatic carbocycles. The van der Waals surface area contributed by atoms with Gasteiger partial charge in [0, 0.05) is 24.0 Å². The van der Waals surface area contributed by atoms with E-state index in [1.165, 1.54) is 12.4 Å². The van der Waals surface area contributed by atoms with E-state index in [0.29, 0.717) is 19.5 Å². The molecule has 0 aliphatic heterocycles. The average Bonchev–Trinajstić information content (AvgIpc) is 3.45. The summed E-state index contributed by atoms with van der Waals surface area (Å²) in [6, 6.07) is 16.8. The lowest BCUT2D eigenvalue weighted by Crippen LogP contribution is -2.23. The first-order valence-corrected chi connectivity index (χ1v) is 10.8. The molecule has 1 aromatic carbocycles. The minimum Gasteiger partial charge on any atom is -0.342 e. The molecule has 0 bridgehead atoms. The second kappa shape index (κ2) is 8.95. The van der Waals surface area contributed by atoms with Crippen LogP contribution in [0.3, 0.4) is 0 Å².